The van der Waals surface area contributed by atoms with E-state index in [1.165, 1.54) is 18.6 Å². The fourth-order valence-electron chi connectivity index (χ4n) is 1.84. The van der Waals surface area contributed by atoms with Gasteiger partial charge in [0, 0.05) is 18.1 Å². The van der Waals surface area contributed by atoms with E-state index >= 15 is 0 Å². The van der Waals surface area contributed by atoms with E-state index in [1.807, 2.05) is 18.0 Å². The van der Waals surface area contributed by atoms with Gasteiger partial charge in [0.1, 0.15) is 5.76 Å². The minimum absolute atomic E-state index is 0.537. The Balaban J connectivity index is 1.93. The van der Waals surface area contributed by atoms with Crippen molar-refractivity contribution in [3.8, 4) is 0 Å². The van der Waals surface area contributed by atoms with Gasteiger partial charge in [-0.05, 0) is 31.6 Å². The summed E-state index contributed by atoms with van der Waals surface area (Å²) in [6, 6.07) is 0. The quantitative estimate of drug-likeness (QED) is 0.855. The lowest BCUT2D eigenvalue weighted by atomic mass is 10.1. The van der Waals surface area contributed by atoms with Crippen molar-refractivity contribution in [3.05, 3.63) is 17.8 Å². The largest absolute Gasteiger partial charge is 0.445 e. The maximum absolute atomic E-state index is 5.75. The molecule has 0 bridgehead atoms. The second kappa shape index (κ2) is 5.56. The van der Waals surface area contributed by atoms with Crippen LogP contribution in [-0.2, 0) is 6.42 Å². The first kappa shape index (κ1) is 11.0. The summed E-state index contributed by atoms with van der Waals surface area (Å²) in [6.07, 6.45) is 6.28. The summed E-state index contributed by atoms with van der Waals surface area (Å²) in [5, 5.41) is 0. The van der Waals surface area contributed by atoms with Crippen molar-refractivity contribution in [2.24, 2.45) is 5.73 Å². The molecule has 0 aromatic carbocycles. The maximum Gasteiger partial charge on any atom is 0.198 e. The number of nitrogens with two attached hydrogens (primary N) is 1. The summed E-state index contributed by atoms with van der Waals surface area (Å²) in [6.45, 7) is 0.718. The van der Waals surface area contributed by atoms with Gasteiger partial charge in [-0.15, -0.1) is 0 Å². The Kier molecular flexibility index (Phi) is 4.09. The molecule has 0 radical (unpaired) electrons. The SMILES string of the molecule is NCCCc1cnc(C2CCCSC2)o1. The Bertz CT molecular complexity index is 295. The minimum atomic E-state index is 0.537. The fourth-order valence-corrected chi connectivity index (χ4v) is 2.97. The zero-order chi connectivity index (χ0) is 10.5. The Labute approximate surface area is 94.8 Å². The van der Waals surface area contributed by atoms with Crippen LogP contribution in [0.2, 0.25) is 0 Å². The van der Waals surface area contributed by atoms with Gasteiger partial charge in [-0.3, -0.25) is 0 Å². The van der Waals surface area contributed by atoms with Gasteiger partial charge < -0.3 is 10.2 Å². The van der Waals surface area contributed by atoms with Crippen LogP contribution in [0.15, 0.2) is 10.6 Å². The van der Waals surface area contributed by atoms with Gasteiger partial charge in [0.15, 0.2) is 5.89 Å². The van der Waals surface area contributed by atoms with Gasteiger partial charge in [0.25, 0.3) is 0 Å². The lowest BCUT2D eigenvalue weighted by Gasteiger charge is -2.17. The van der Waals surface area contributed by atoms with Gasteiger partial charge in [-0.25, -0.2) is 4.98 Å². The van der Waals surface area contributed by atoms with Crippen molar-refractivity contribution in [2.45, 2.75) is 31.6 Å². The first-order valence-corrected chi connectivity index (χ1v) is 6.78. The number of aryl methyl sites for hydroxylation is 1. The lowest BCUT2D eigenvalue weighted by Crippen LogP contribution is -2.08. The minimum Gasteiger partial charge on any atom is -0.445 e. The number of aromatic nitrogens is 1. The number of rotatable bonds is 4. The Morgan fingerprint density at radius 3 is 3.27 bits per heavy atom. The van der Waals surface area contributed by atoms with Crippen LogP contribution in [0, 0.1) is 0 Å². The number of thioether (sulfide) groups is 1. The van der Waals surface area contributed by atoms with E-state index in [0.29, 0.717) is 5.92 Å². The molecule has 2 rings (SSSR count). The van der Waals surface area contributed by atoms with Crippen molar-refractivity contribution in [1.82, 2.24) is 4.98 Å². The third-order valence-electron chi connectivity index (χ3n) is 2.71. The van der Waals surface area contributed by atoms with E-state index in [4.69, 9.17) is 10.2 Å². The molecule has 2 heterocycles. The average Bonchev–Trinajstić information content (AvgIpc) is 2.76. The van der Waals surface area contributed by atoms with Gasteiger partial charge in [-0.2, -0.15) is 11.8 Å². The summed E-state index contributed by atoms with van der Waals surface area (Å²) >= 11 is 2.00. The predicted octanol–water partition coefficient (Wildman–Crippen LogP) is 2.18. The molecule has 1 saturated heterocycles. The highest BCUT2D eigenvalue weighted by atomic mass is 32.2. The lowest BCUT2D eigenvalue weighted by molar-refractivity contribution is 0.414. The van der Waals surface area contributed by atoms with E-state index in [2.05, 4.69) is 4.98 Å². The molecule has 1 atom stereocenters. The molecule has 1 fully saturated rings. The summed E-state index contributed by atoms with van der Waals surface area (Å²) in [5.41, 5.74) is 5.46. The van der Waals surface area contributed by atoms with Crippen LogP contribution in [-0.4, -0.2) is 23.0 Å². The van der Waals surface area contributed by atoms with Crippen molar-refractivity contribution in [3.63, 3.8) is 0 Å². The Morgan fingerprint density at radius 2 is 2.53 bits per heavy atom. The Hall–Kier alpha value is -0.480. The normalized spacial score (nSPS) is 21.8. The molecule has 1 aliphatic heterocycles. The smallest absolute Gasteiger partial charge is 0.198 e. The van der Waals surface area contributed by atoms with Crippen molar-refractivity contribution < 1.29 is 4.42 Å². The summed E-state index contributed by atoms with van der Waals surface area (Å²) < 4.78 is 5.75. The Morgan fingerprint density at radius 1 is 1.60 bits per heavy atom. The van der Waals surface area contributed by atoms with Gasteiger partial charge in [0.2, 0.25) is 0 Å². The molecule has 4 heteroatoms. The predicted molar refractivity (Wildman–Crippen MR) is 63.2 cm³/mol. The van der Waals surface area contributed by atoms with Crippen LogP contribution in [0.1, 0.15) is 36.8 Å². The fraction of sp³-hybridized carbons (Fsp3) is 0.727. The molecule has 1 aromatic rings. The molecule has 1 unspecified atom stereocenters. The van der Waals surface area contributed by atoms with Crippen LogP contribution < -0.4 is 5.73 Å². The number of oxazole rings is 1. The average molecular weight is 226 g/mol. The van der Waals surface area contributed by atoms with E-state index in [9.17, 15) is 0 Å². The zero-order valence-corrected chi connectivity index (χ0v) is 9.76. The van der Waals surface area contributed by atoms with E-state index in [-0.39, 0.29) is 0 Å². The van der Waals surface area contributed by atoms with Crippen LogP contribution in [0.4, 0.5) is 0 Å². The van der Waals surface area contributed by atoms with E-state index in [0.717, 1.165) is 36.8 Å². The summed E-state index contributed by atoms with van der Waals surface area (Å²) in [4.78, 5) is 4.37. The molecular weight excluding hydrogens is 208 g/mol. The third-order valence-corrected chi connectivity index (χ3v) is 3.92. The molecule has 3 nitrogen and oxygen atoms in total. The molecule has 15 heavy (non-hydrogen) atoms. The molecular formula is C11H18N2OS. The second-order valence-corrected chi connectivity index (χ2v) is 5.12. The zero-order valence-electron chi connectivity index (χ0n) is 8.95. The number of hydrogen-bond donors (Lipinski definition) is 1. The maximum atomic E-state index is 5.75. The van der Waals surface area contributed by atoms with E-state index < -0.39 is 0 Å². The molecule has 0 amide bonds. The van der Waals surface area contributed by atoms with Crippen LogP contribution in [0.3, 0.4) is 0 Å². The highest BCUT2D eigenvalue weighted by Gasteiger charge is 2.20. The monoisotopic (exact) mass is 226 g/mol. The third kappa shape index (κ3) is 2.98. The van der Waals surface area contributed by atoms with Crippen LogP contribution in [0.5, 0.6) is 0 Å². The highest BCUT2D eigenvalue weighted by molar-refractivity contribution is 7.99. The number of hydrogen-bond acceptors (Lipinski definition) is 4. The standard InChI is InChI=1S/C11H18N2OS/c12-5-1-4-10-7-13-11(14-10)9-3-2-6-15-8-9/h7,9H,1-6,8,12H2. The second-order valence-electron chi connectivity index (χ2n) is 3.97. The van der Waals surface area contributed by atoms with E-state index in [1.54, 1.807) is 0 Å². The molecule has 0 spiro atoms. The first-order chi connectivity index (χ1) is 7.40. The van der Waals surface area contributed by atoms with Gasteiger partial charge >= 0.3 is 0 Å². The summed E-state index contributed by atoms with van der Waals surface area (Å²) in [5.74, 6) is 4.92. The van der Waals surface area contributed by atoms with Crippen molar-refractivity contribution in [2.75, 3.05) is 18.1 Å². The topological polar surface area (TPSA) is 52.0 Å². The molecule has 1 aromatic heterocycles. The number of nitrogens with zero attached hydrogens (tertiary/aromatic N) is 1. The first-order valence-electron chi connectivity index (χ1n) is 5.62. The highest BCUT2D eigenvalue weighted by Crippen LogP contribution is 2.30. The van der Waals surface area contributed by atoms with Crippen LogP contribution in [0.25, 0.3) is 0 Å². The van der Waals surface area contributed by atoms with Crippen LogP contribution >= 0.6 is 11.8 Å². The van der Waals surface area contributed by atoms with Crippen molar-refractivity contribution >= 4 is 11.8 Å². The van der Waals surface area contributed by atoms with Gasteiger partial charge in [-0.1, -0.05) is 0 Å². The molecule has 84 valence electrons. The molecule has 0 saturated carbocycles. The summed E-state index contributed by atoms with van der Waals surface area (Å²) in [7, 11) is 0. The molecule has 1 aliphatic rings. The van der Waals surface area contributed by atoms with Crippen molar-refractivity contribution in [1.29, 1.82) is 0 Å². The molecule has 2 N–H and O–H groups in total. The van der Waals surface area contributed by atoms with Gasteiger partial charge in [0.05, 0.1) is 6.20 Å². The molecule has 0 aliphatic carbocycles.